The van der Waals surface area contributed by atoms with Crippen LogP contribution in [-0.4, -0.2) is 31.6 Å². The number of ether oxygens (including phenoxy) is 2. The first-order valence-corrected chi connectivity index (χ1v) is 8.70. The molecule has 27 heavy (non-hydrogen) atoms. The van der Waals surface area contributed by atoms with Gasteiger partial charge in [-0.15, -0.1) is 0 Å². The van der Waals surface area contributed by atoms with E-state index in [1.165, 1.54) is 36.9 Å². The van der Waals surface area contributed by atoms with E-state index in [0.29, 0.717) is 17.2 Å². The molecule has 1 amide bonds. The van der Waals surface area contributed by atoms with Gasteiger partial charge in [0.05, 0.1) is 18.2 Å². The zero-order chi connectivity index (χ0) is 19.8. The van der Waals surface area contributed by atoms with E-state index in [1.807, 2.05) is 24.3 Å². The van der Waals surface area contributed by atoms with E-state index in [-0.39, 0.29) is 5.56 Å². The number of hydrogen-bond acceptors (Lipinski definition) is 5. The van der Waals surface area contributed by atoms with Gasteiger partial charge in [0.25, 0.3) is 5.91 Å². The Labute approximate surface area is 158 Å². The maximum atomic E-state index is 12.0. The van der Waals surface area contributed by atoms with Crippen molar-refractivity contribution in [3.05, 3.63) is 65.2 Å². The van der Waals surface area contributed by atoms with Gasteiger partial charge in [0.2, 0.25) is 0 Å². The van der Waals surface area contributed by atoms with E-state index in [1.54, 1.807) is 0 Å². The highest BCUT2D eigenvalue weighted by atomic mass is 16.5. The Balaban J connectivity index is 1.85. The molecule has 0 fully saturated rings. The molecule has 2 aromatic rings. The molecule has 0 aliphatic heterocycles. The standard InChI is InChI=1S/C21H23NO5/c1-4-14(2)15-9-11-18(12-10-15)22-19(23)13-27-21(25)17-7-5-16(6-8-17)20(24)26-3/h5-12,14H,4,13H2,1-3H3,(H,22,23)/t14-/m0/s1. The zero-order valence-corrected chi connectivity index (χ0v) is 15.7. The fraction of sp³-hybridized carbons (Fsp3) is 0.286. The van der Waals surface area contributed by atoms with Crippen LogP contribution in [0.1, 0.15) is 52.5 Å². The number of anilines is 1. The largest absolute Gasteiger partial charge is 0.465 e. The number of benzene rings is 2. The molecule has 0 heterocycles. The Bertz CT molecular complexity index is 796. The van der Waals surface area contributed by atoms with Crippen LogP contribution in [-0.2, 0) is 14.3 Å². The maximum Gasteiger partial charge on any atom is 0.338 e. The number of rotatable bonds is 7. The highest BCUT2D eigenvalue weighted by molar-refractivity contribution is 5.96. The van der Waals surface area contributed by atoms with Crippen LogP contribution in [0, 0.1) is 0 Å². The van der Waals surface area contributed by atoms with E-state index < -0.39 is 24.5 Å². The molecule has 0 saturated carbocycles. The van der Waals surface area contributed by atoms with E-state index in [2.05, 4.69) is 23.9 Å². The van der Waals surface area contributed by atoms with Crippen molar-refractivity contribution in [1.82, 2.24) is 0 Å². The molecule has 0 aliphatic carbocycles. The number of amides is 1. The SMILES string of the molecule is CC[C@H](C)c1ccc(NC(=O)COC(=O)c2ccc(C(=O)OC)cc2)cc1. The predicted octanol–water partition coefficient (Wildman–Crippen LogP) is 3.78. The molecule has 1 atom stereocenters. The van der Waals surface area contributed by atoms with E-state index in [0.717, 1.165) is 6.42 Å². The molecular formula is C21H23NO5. The first kappa shape index (κ1) is 20.2. The second kappa shape index (κ2) is 9.52. The van der Waals surface area contributed by atoms with Crippen molar-refractivity contribution in [3.63, 3.8) is 0 Å². The second-order valence-corrected chi connectivity index (χ2v) is 6.12. The zero-order valence-electron chi connectivity index (χ0n) is 15.7. The van der Waals surface area contributed by atoms with E-state index >= 15 is 0 Å². The summed E-state index contributed by atoms with van der Waals surface area (Å²) in [7, 11) is 1.28. The summed E-state index contributed by atoms with van der Waals surface area (Å²) >= 11 is 0. The minimum absolute atomic E-state index is 0.244. The van der Waals surface area contributed by atoms with Crippen LogP contribution in [0.25, 0.3) is 0 Å². The summed E-state index contributed by atoms with van der Waals surface area (Å²) in [5.74, 6) is -1.10. The summed E-state index contributed by atoms with van der Waals surface area (Å²) in [5, 5.41) is 2.69. The van der Waals surface area contributed by atoms with E-state index in [4.69, 9.17) is 4.74 Å². The van der Waals surface area contributed by atoms with Crippen LogP contribution in [0.15, 0.2) is 48.5 Å². The number of carbonyl (C=O) groups excluding carboxylic acids is 3. The van der Waals surface area contributed by atoms with Crippen LogP contribution in [0.2, 0.25) is 0 Å². The van der Waals surface area contributed by atoms with Crippen molar-refractivity contribution in [3.8, 4) is 0 Å². The Morgan fingerprint density at radius 2 is 1.48 bits per heavy atom. The summed E-state index contributed by atoms with van der Waals surface area (Å²) in [4.78, 5) is 35.3. The van der Waals surface area contributed by atoms with Crippen molar-refractivity contribution in [2.45, 2.75) is 26.2 Å². The first-order valence-electron chi connectivity index (χ1n) is 8.70. The second-order valence-electron chi connectivity index (χ2n) is 6.12. The van der Waals surface area contributed by atoms with Gasteiger partial charge in [-0.1, -0.05) is 26.0 Å². The third-order valence-electron chi connectivity index (χ3n) is 4.25. The fourth-order valence-electron chi connectivity index (χ4n) is 2.40. The summed E-state index contributed by atoms with van der Waals surface area (Å²) in [5.41, 5.74) is 2.42. The molecule has 2 aromatic carbocycles. The van der Waals surface area contributed by atoms with Crippen molar-refractivity contribution in [2.24, 2.45) is 0 Å². The van der Waals surface area contributed by atoms with Gasteiger partial charge in [-0.05, 0) is 54.3 Å². The van der Waals surface area contributed by atoms with Crippen LogP contribution in [0.5, 0.6) is 0 Å². The molecule has 6 heteroatoms. The molecule has 6 nitrogen and oxygen atoms in total. The smallest absolute Gasteiger partial charge is 0.338 e. The lowest BCUT2D eigenvalue weighted by Gasteiger charge is -2.11. The topological polar surface area (TPSA) is 81.7 Å². The molecular weight excluding hydrogens is 346 g/mol. The van der Waals surface area contributed by atoms with Crippen LogP contribution < -0.4 is 5.32 Å². The Morgan fingerprint density at radius 1 is 0.926 bits per heavy atom. The van der Waals surface area contributed by atoms with Gasteiger partial charge in [0.1, 0.15) is 0 Å². The molecule has 0 aromatic heterocycles. The van der Waals surface area contributed by atoms with Gasteiger partial charge in [-0.2, -0.15) is 0 Å². The quantitative estimate of drug-likeness (QED) is 0.751. The van der Waals surface area contributed by atoms with Gasteiger partial charge >= 0.3 is 11.9 Å². The molecule has 0 saturated heterocycles. The van der Waals surface area contributed by atoms with E-state index in [9.17, 15) is 14.4 Å². The van der Waals surface area contributed by atoms with Crippen LogP contribution in [0.4, 0.5) is 5.69 Å². The molecule has 142 valence electrons. The molecule has 1 N–H and O–H groups in total. The number of methoxy groups -OCH3 is 1. The Morgan fingerprint density at radius 3 is 2.00 bits per heavy atom. The molecule has 0 spiro atoms. The maximum absolute atomic E-state index is 12.0. The van der Waals surface area contributed by atoms with Gasteiger partial charge < -0.3 is 14.8 Å². The third kappa shape index (κ3) is 5.67. The minimum atomic E-state index is -0.645. The number of nitrogens with one attached hydrogen (secondary N) is 1. The molecule has 0 radical (unpaired) electrons. The minimum Gasteiger partial charge on any atom is -0.465 e. The number of hydrogen-bond donors (Lipinski definition) is 1. The summed E-state index contributed by atoms with van der Waals surface area (Å²) < 4.78 is 9.59. The van der Waals surface area contributed by atoms with Crippen molar-refractivity contribution in [2.75, 3.05) is 19.0 Å². The number of esters is 2. The first-order chi connectivity index (χ1) is 12.9. The average Bonchev–Trinajstić information content (AvgIpc) is 2.71. The van der Waals surface area contributed by atoms with Gasteiger partial charge in [-0.25, -0.2) is 9.59 Å². The highest BCUT2D eigenvalue weighted by Gasteiger charge is 2.12. The fourth-order valence-corrected chi connectivity index (χ4v) is 2.40. The third-order valence-corrected chi connectivity index (χ3v) is 4.25. The molecule has 0 unspecified atom stereocenters. The number of carbonyl (C=O) groups is 3. The average molecular weight is 369 g/mol. The lowest BCUT2D eigenvalue weighted by Crippen LogP contribution is -2.21. The van der Waals surface area contributed by atoms with Gasteiger partial charge in [0, 0.05) is 5.69 Å². The summed E-state index contributed by atoms with van der Waals surface area (Å²) in [6.07, 6.45) is 1.04. The normalized spacial score (nSPS) is 11.4. The van der Waals surface area contributed by atoms with Crippen molar-refractivity contribution in [1.29, 1.82) is 0 Å². The monoisotopic (exact) mass is 369 g/mol. The lowest BCUT2D eigenvalue weighted by molar-refractivity contribution is -0.119. The molecule has 0 bridgehead atoms. The summed E-state index contributed by atoms with van der Waals surface area (Å²) in [6.45, 7) is 3.87. The molecule has 2 rings (SSSR count). The van der Waals surface area contributed by atoms with Gasteiger partial charge in [0.15, 0.2) is 6.61 Å². The molecule has 0 aliphatic rings. The predicted molar refractivity (Wildman–Crippen MR) is 102 cm³/mol. The lowest BCUT2D eigenvalue weighted by atomic mass is 9.99. The van der Waals surface area contributed by atoms with Crippen molar-refractivity contribution >= 4 is 23.5 Å². The van der Waals surface area contributed by atoms with Crippen LogP contribution in [0.3, 0.4) is 0 Å². The van der Waals surface area contributed by atoms with Crippen LogP contribution >= 0.6 is 0 Å². The van der Waals surface area contributed by atoms with Crippen molar-refractivity contribution < 1.29 is 23.9 Å². The highest BCUT2D eigenvalue weighted by Crippen LogP contribution is 2.20. The summed E-state index contributed by atoms with van der Waals surface area (Å²) in [6, 6.07) is 13.4. The Kier molecular flexibility index (Phi) is 7.11. The Hall–Kier alpha value is -3.15. The van der Waals surface area contributed by atoms with Gasteiger partial charge in [-0.3, -0.25) is 4.79 Å².